The molecule has 0 aromatic heterocycles. The summed E-state index contributed by atoms with van der Waals surface area (Å²) < 4.78 is 5.11. The number of aliphatic carboxylic acids is 1. The summed E-state index contributed by atoms with van der Waals surface area (Å²) in [5.74, 6) is -0.296. The molecule has 1 atom stereocenters. The van der Waals surface area contributed by atoms with Crippen LogP contribution in [0.4, 0.5) is 5.69 Å². The Kier molecular flexibility index (Phi) is 3.96. The lowest BCUT2D eigenvalue weighted by Crippen LogP contribution is -2.53. The van der Waals surface area contributed by atoms with Gasteiger partial charge < -0.3 is 20.5 Å². The summed E-state index contributed by atoms with van der Waals surface area (Å²) in [6.07, 6.45) is 0. The van der Waals surface area contributed by atoms with E-state index >= 15 is 0 Å². The summed E-state index contributed by atoms with van der Waals surface area (Å²) in [6, 6.07) is 7.38. The maximum atomic E-state index is 10.9. The van der Waals surface area contributed by atoms with E-state index in [9.17, 15) is 4.79 Å². The van der Waals surface area contributed by atoms with Crippen LogP contribution < -0.4 is 15.4 Å². The molecule has 1 aromatic rings. The molecule has 0 bridgehead atoms. The molecule has 0 aliphatic carbocycles. The first kappa shape index (κ1) is 13.3. The van der Waals surface area contributed by atoms with Crippen molar-refractivity contribution >= 4 is 11.7 Å². The smallest absolute Gasteiger partial charge is 0.325 e. The number of methoxy groups -OCH3 is 1. The van der Waals surface area contributed by atoms with Crippen LogP contribution in [0.3, 0.4) is 0 Å². The normalized spacial score (nSPS) is 13.9. The predicted molar refractivity (Wildman–Crippen MR) is 66.5 cm³/mol. The molecule has 5 nitrogen and oxygen atoms in total. The van der Waals surface area contributed by atoms with Crippen LogP contribution in [0, 0.1) is 0 Å². The van der Waals surface area contributed by atoms with Crippen LogP contribution in [0.2, 0.25) is 0 Å². The fraction of sp³-hybridized carbons (Fsp3) is 0.417. The van der Waals surface area contributed by atoms with Crippen LogP contribution in [0.25, 0.3) is 0 Å². The topological polar surface area (TPSA) is 75.8 Å². The van der Waals surface area contributed by atoms with Gasteiger partial charge in [0.1, 0.15) is 11.3 Å². The highest BCUT2D eigenvalue weighted by atomic mass is 16.5. The molecule has 3 N–H and O–H groups in total. The average molecular weight is 238 g/mol. The third-order valence-electron chi connectivity index (χ3n) is 2.55. The second-order valence-electron chi connectivity index (χ2n) is 4.28. The van der Waals surface area contributed by atoms with Crippen molar-refractivity contribution in [2.24, 2.45) is 5.73 Å². The van der Waals surface area contributed by atoms with Crippen LogP contribution in [0.1, 0.15) is 6.92 Å². The zero-order valence-electron chi connectivity index (χ0n) is 10.3. The molecule has 17 heavy (non-hydrogen) atoms. The van der Waals surface area contributed by atoms with Crippen LogP contribution in [0.15, 0.2) is 24.3 Å². The summed E-state index contributed by atoms with van der Waals surface area (Å²) in [7, 11) is 3.38. The fourth-order valence-electron chi connectivity index (χ4n) is 1.50. The first-order valence-corrected chi connectivity index (χ1v) is 5.24. The zero-order chi connectivity index (χ0) is 13.1. The molecular formula is C12H18N2O3. The Morgan fingerprint density at radius 2 is 2.24 bits per heavy atom. The van der Waals surface area contributed by atoms with Gasteiger partial charge in [-0.3, -0.25) is 4.79 Å². The van der Waals surface area contributed by atoms with E-state index in [4.69, 9.17) is 15.6 Å². The van der Waals surface area contributed by atoms with Gasteiger partial charge in [-0.05, 0) is 19.1 Å². The van der Waals surface area contributed by atoms with Gasteiger partial charge in [0.05, 0.1) is 7.11 Å². The van der Waals surface area contributed by atoms with E-state index in [1.807, 2.05) is 24.3 Å². The Hall–Kier alpha value is -1.75. The average Bonchev–Trinajstić information content (AvgIpc) is 2.28. The van der Waals surface area contributed by atoms with E-state index in [2.05, 4.69) is 0 Å². The van der Waals surface area contributed by atoms with Crippen molar-refractivity contribution < 1.29 is 14.6 Å². The van der Waals surface area contributed by atoms with Crippen molar-refractivity contribution in [2.75, 3.05) is 25.6 Å². The Bertz CT molecular complexity index is 404. The predicted octanol–water partition coefficient (Wildman–Crippen LogP) is 0.933. The zero-order valence-corrected chi connectivity index (χ0v) is 10.3. The molecule has 0 aliphatic heterocycles. The largest absolute Gasteiger partial charge is 0.497 e. The summed E-state index contributed by atoms with van der Waals surface area (Å²) in [5.41, 5.74) is 5.28. The number of ether oxygens (including phenoxy) is 1. The summed E-state index contributed by atoms with van der Waals surface area (Å²) in [6.45, 7) is 1.71. The van der Waals surface area contributed by atoms with Crippen molar-refractivity contribution in [1.82, 2.24) is 0 Å². The van der Waals surface area contributed by atoms with Crippen molar-refractivity contribution in [2.45, 2.75) is 12.5 Å². The standard InChI is InChI=1S/C12H18N2O3/c1-12(13,11(15)16)8-14(2)9-5-4-6-10(7-9)17-3/h4-7H,8,13H2,1-3H3,(H,15,16). The van der Waals surface area contributed by atoms with E-state index in [0.717, 1.165) is 11.4 Å². The molecule has 1 rings (SSSR count). The first-order chi connectivity index (χ1) is 7.86. The van der Waals surface area contributed by atoms with Gasteiger partial charge in [0, 0.05) is 25.3 Å². The minimum atomic E-state index is -1.28. The van der Waals surface area contributed by atoms with Crippen molar-refractivity contribution in [1.29, 1.82) is 0 Å². The number of hydrogen-bond donors (Lipinski definition) is 2. The van der Waals surface area contributed by atoms with Crippen LogP contribution in [-0.2, 0) is 4.79 Å². The Balaban J connectivity index is 2.82. The number of hydrogen-bond acceptors (Lipinski definition) is 4. The lowest BCUT2D eigenvalue weighted by Gasteiger charge is -2.28. The van der Waals surface area contributed by atoms with Crippen molar-refractivity contribution in [3.8, 4) is 5.75 Å². The molecule has 5 heteroatoms. The Morgan fingerprint density at radius 1 is 1.59 bits per heavy atom. The maximum Gasteiger partial charge on any atom is 0.325 e. The molecule has 0 heterocycles. The van der Waals surface area contributed by atoms with Gasteiger partial charge in [-0.25, -0.2) is 0 Å². The van der Waals surface area contributed by atoms with E-state index < -0.39 is 11.5 Å². The monoisotopic (exact) mass is 238 g/mol. The van der Waals surface area contributed by atoms with Crippen LogP contribution in [0.5, 0.6) is 5.75 Å². The molecule has 1 unspecified atom stereocenters. The quantitative estimate of drug-likeness (QED) is 0.798. The minimum absolute atomic E-state index is 0.218. The second kappa shape index (κ2) is 5.05. The number of nitrogens with zero attached hydrogens (tertiary/aromatic N) is 1. The number of carbonyl (C=O) groups is 1. The van der Waals surface area contributed by atoms with Gasteiger partial charge in [0.2, 0.25) is 0 Å². The van der Waals surface area contributed by atoms with Gasteiger partial charge in [0.25, 0.3) is 0 Å². The fourth-order valence-corrected chi connectivity index (χ4v) is 1.50. The molecule has 0 radical (unpaired) electrons. The van der Waals surface area contributed by atoms with E-state index in [1.165, 1.54) is 6.92 Å². The number of nitrogens with two attached hydrogens (primary N) is 1. The maximum absolute atomic E-state index is 10.9. The highest BCUT2D eigenvalue weighted by molar-refractivity contribution is 5.79. The van der Waals surface area contributed by atoms with Gasteiger partial charge in [0.15, 0.2) is 0 Å². The number of anilines is 1. The van der Waals surface area contributed by atoms with Crippen molar-refractivity contribution in [3.05, 3.63) is 24.3 Å². The third-order valence-corrected chi connectivity index (χ3v) is 2.55. The summed E-state index contributed by atoms with van der Waals surface area (Å²) in [4.78, 5) is 12.7. The second-order valence-corrected chi connectivity index (χ2v) is 4.28. The molecular weight excluding hydrogens is 220 g/mol. The third kappa shape index (κ3) is 3.35. The molecule has 0 amide bonds. The number of carboxylic acids is 1. The first-order valence-electron chi connectivity index (χ1n) is 5.24. The van der Waals surface area contributed by atoms with Gasteiger partial charge in [-0.2, -0.15) is 0 Å². The Labute approximate surface area is 101 Å². The lowest BCUT2D eigenvalue weighted by molar-refractivity contribution is -0.142. The number of benzene rings is 1. The van der Waals surface area contributed by atoms with Crippen LogP contribution in [-0.4, -0.2) is 37.3 Å². The molecule has 1 aromatic carbocycles. The minimum Gasteiger partial charge on any atom is -0.497 e. The van der Waals surface area contributed by atoms with E-state index in [0.29, 0.717) is 0 Å². The molecule has 0 saturated carbocycles. The Morgan fingerprint density at radius 3 is 2.76 bits per heavy atom. The van der Waals surface area contributed by atoms with Gasteiger partial charge in [-0.1, -0.05) is 6.07 Å². The van der Waals surface area contributed by atoms with Crippen molar-refractivity contribution in [3.63, 3.8) is 0 Å². The van der Waals surface area contributed by atoms with E-state index in [1.54, 1.807) is 19.1 Å². The van der Waals surface area contributed by atoms with Gasteiger partial charge in [-0.15, -0.1) is 0 Å². The number of rotatable bonds is 5. The molecule has 94 valence electrons. The summed E-state index contributed by atoms with van der Waals surface area (Å²) in [5, 5.41) is 8.96. The molecule has 0 aliphatic rings. The number of carboxylic acid groups (broad SMARTS) is 1. The molecule has 0 spiro atoms. The highest BCUT2D eigenvalue weighted by Gasteiger charge is 2.29. The van der Waals surface area contributed by atoms with Crippen LogP contribution >= 0.6 is 0 Å². The molecule has 0 fully saturated rings. The number of likely N-dealkylation sites (N-methyl/N-ethyl adjacent to an activating group) is 1. The van der Waals surface area contributed by atoms with E-state index in [-0.39, 0.29) is 6.54 Å². The molecule has 0 saturated heterocycles. The van der Waals surface area contributed by atoms with Gasteiger partial charge >= 0.3 is 5.97 Å². The highest BCUT2D eigenvalue weighted by Crippen LogP contribution is 2.20. The SMILES string of the molecule is COc1cccc(N(C)CC(C)(N)C(=O)O)c1. The lowest BCUT2D eigenvalue weighted by atomic mass is 10.0. The summed E-state index contributed by atoms with van der Waals surface area (Å²) >= 11 is 0.